The maximum atomic E-state index is 13.0. The summed E-state index contributed by atoms with van der Waals surface area (Å²) in [6.07, 6.45) is -0.543. The molecule has 9 nitrogen and oxygen atoms in total. The second-order valence-electron chi connectivity index (χ2n) is 8.87. The highest BCUT2D eigenvalue weighted by molar-refractivity contribution is 5.93. The Kier molecular flexibility index (Phi) is 10.2. The third-order valence-corrected chi connectivity index (χ3v) is 4.46. The van der Waals surface area contributed by atoms with Crippen LogP contribution in [0.1, 0.15) is 47.1 Å². The molecule has 32 heavy (non-hydrogen) atoms. The predicted octanol–water partition coefficient (Wildman–Crippen LogP) is 1.94. The van der Waals surface area contributed by atoms with Gasteiger partial charge >= 0.3 is 12.1 Å². The number of alkyl carbamates (subject to hydrolysis) is 1. The van der Waals surface area contributed by atoms with Crippen LogP contribution in [0.5, 0.6) is 0 Å². The lowest BCUT2D eigenvalue weighted by molar-refractivity contribution is -0.146. The number of methoxy groups -OCH3 is 1. The predicted molar refractivity (Wildman–Crippen MR) is 120 cm³/mol. The van der Waals surface area contributed by atoms with Gasteiger partial charge in [0.25, 0.3) is 0 Å². The van der Waals surface area contributed by atoms with Crippen molar-refractivity contribution >= 4 is 23.9 Å². The minimum Gasteiger partial charge on any atom is -0.467 e. The van der Waals surface area contributed by atoms with Gasteiger partial charge in [-0.15, -0.1) is 0 Å². The SMILES string of the molecule is COC(=O)[C@H](NC(=O)[C@H](Cc1ccccc1)NC(=O)[C@H](C)NC(=O)OC(C)(C)C)C(C)C. The van der Waals surface area contributed by atoms with Crippen LogP contribution < -0.4 is 16.0 Å². The first-order chi connectivity index (χ1) is 14.8. The molecule has 0 radical (unpaired) electrons. The van der Waals surface area contributed by atoms with Crippen LogP contribution in [0.4, 0.5) is 4.79 Å². The molecule has 1 rings (SSSR count). The van der Waals surface area contributed by atoms with Gasteiger partial charge in [0.05, 0.1) is 7.11 Å². The lowest BCUT2D eigenvalue weighted by Gasteiger charge is -2.26. The maximum Gasteiger partial charge on any atom is 0.408 e. The molecule has 0 aliphatic carbocycles. The van der Waals surface area contributed by atoms with E-state index in [9.17, 15) is 19.2 Å². The van der Waals surface area contributed by atoms with Gasteiger partial charge in [0.2, 0.25) is 11.8 Å². The normalized spacial score (nSPS) is 14.0. The number of carbonyl (C=O) groups is 4. The van der Waals surface area contributed by atoms with Crippen LogP contribution in [0.25, 0.3) is 0 Å². The third-order valence-electron chi connectivity index (χ3n) is 4.46. The zero-order chi connectivity index (χ0) is 24.5. The molecular weight excluding hydrogens is 414 g/mol. The Morgan fingerprint density at radius 1 is 0.906 bits per heavy atom. The summed E-state index contributed by atoms with van der Waals surface area (Å²) in [7, 11) is 1.25. The zero-order valence-corrected chi connectivity index (χ0v) is 19.9. The average Bonchev–Trinajstić information content (AvgIpc) is 2.69. The molecule has 0 bridgehead atoms. The highest BCUT2D eigenvalue weighted by Gasteiger charge is 2.31. The fraction of sp³-hybridized carbons (Fsp3) is 0.565. The van der Waals surface area contributed by atoms with Crippen molar-refractivity contribution < 1.29 is 28.7 Å². The van der Waals surface area contributed by atoms with Crippen LogP contribution in [-0.2, 0) is 30.3 Å². The van der Waals surface area contributed by atoms with E-state index in [1.54, 1.807) is 34.6 Å². The first-order valence-corrected chi connectivity index (χ1v) is 10.6. The summed E-state index contributed by atoms with van der Waals surface area (Å²) >= 11 is 0. The summed E-state index contributed by atoms with van der Waals surface area (Å²) in [6, 6.07) is 6.37. The van der Waals surface area contributed by atoms with E-state index in [-0.39, 0.29) is 12.3 Å². The second-order valence-corrected chi connectivity index (χ2v) is 8.87. The smallest absolute Gasteiger partial charge is 0.408 e. The van der Waals surface area contributed by atoms with Crippen molar-refractivity contribution in [3.63, 3.8) is 0 Å². The molecule has 0 saturated carbocycles. The summed E-state index contributed by atoms with van der Waals surface area (Å²) in [6.45, 7) is 10.2. The molecule has 0 aliphatic heterocycles. The van der Waals surface area contributed by atoms with E-state index in [1.165, 1.54) is 14.0 Å². The topological polar surface area (TPSA) is 123 Å². The van der Waals surface area contributed by atoms with Crippen molar-refractivity contribution in [3.8, 4) is 0 Å². The van der Waals surface area contributed by atoms with Crippen LogP contribution in [0.2, 0.25) is 0 Å². The first kappa shape index (κ1) is 26.9. The molecule has 3 amide bonds. The summed E-state index contributed by atoms with van der Waals surface area (Å²) in [5.41, 5.74) is 0.107. The Morgan fingerprint density at radius 2 is 1.50 bits per heavy atom. The Bertz CT molecular complexity index is 789. The second kappa shape index (κ2) is 12.1. The number of hydrogen-bond donors (Lipinski definition) is 3. The Morgan fingerprint density at radius 3 is 2.00 bits per heavy atom. The molecule has 0 unspecified atom stereocenters. The number of benzene rings is 1. The monoisotopic (exact) mass is 449 g/mol. The molecule has 1 aromatic carbocycles. The van der Waals surface area contributed by atoms with Gasteiger partial charge in [-0.3, -0.25) is 9.59 Å². The number of carbonyl (C=O) groups excluding carboxylic acids is 4. The number of amides is 3. The molecule has 1 aromatic rings. The van der Waals surface area contributed by atoms with Crippen LogP contribution in [0, 0.1) is 5.92 Å². The number of ether oxygens (including phenoxy) is 2. The summed E-state index contributed by atoms with van der Waals surface area (Å²) < 4.78 is 9.94. The minimum absolute atomic E-state index is 0.198. The molecule has 0 fully saturated rings. The van der Waals surface area contributed by atoms with Gasteiger partial charge < -0.3 is 25.4 Å². The van der Waals surface area contributed by atoms with Gasteiger partial charge in [0.15, 0.2) is 0 Å². The standard InChI is InChI=1S/C23H35N3O6/c1-14(2)18(21(29)31-7)26-20(28)17(13-16-11-9-8-10-12-16)25-19(27)15(3)24-22(30)32-23(4,5)6/h8-12,14-15,17-18H,13H2,1-7H3,(H,24,30)(H,25,27)(H,26,28)/t15-,17-,18+/m0/s1. The molecule has 0 heterocycles. The Hall–Kier alpha value is -3.10. The number of nitrogens with one attached hydrogen (secondary N) is 3. The van der Waals surface area contributed by atoms with Gasteiger partial charge in [-0.05, 0) is 39.2 Å². The zero-order valence-electron chi connectivity index (χ0n) is 19.9. The third kappa shape index (κ3) is 9.36. The summed E-state index contributed by atoms with van der Waals surface area (Å²) in [5, 5.41) is 7.78. The molecule has 0 spiro atoms. The van der Waals surface area contributed by atoms with E-state index in [1.807, 2.05) is 30.3 Å². The highest BCUT2D eigenvalue weighted by atomic mass is 16.6. The number of esters is 1. The lowest BCUT2D eigenvalue weighted by Crippen LogP contribution is -2.57. The molecule has 3 N–H and O–H groups in total. The molecule has 0 aliphatic rings. The van der Waals surface area contributed by atoms with Gasteiger partial charge in [0.1, 0.15) is 23.7 Å². The first-order valence-electron chi connectivity index (χ1n) is 10.6. The van der Waals surface area contributed by atoms with Gasteiger partial charge in [0, 0.05) is 6.42 Å². The van der Waals surface area contributed by atoms with Crippen molar-refractivity contribution in [1.29, 1.82) is 0 Å². The van der Waals surface area contributed by atoms with Crippen molar-refractivity contribution in [1.82, 2.24) is 16.0 Å². The van der Waals surface area contributed by atoms with Crippen molar-refractivity contribution in [2.24, 2.45) is 5.92 Å². The van der Waals surface area contributed by atoms with E-state index < -0.39 is 47.6 Å². The molecule has 9 heteroatoms. The van der Waals surface area contributed by atoms with E-state index in [2.05, 4.69) is 16.0 Å². The Balaban J connectivity index is 2.96. The van der Waals surface area contributed by atoms with Crippen molar-refractivity contribution in [2.45, 2.75) is 71.7 Å². The summed E-state index contributed by atoms with van der Waals surface area (Å²) in [4.78, 5) is 49.7. The van der Waals surface area contributed by atoms with Gasteiger partial charge in [-0.1, -0.05) is 44.2 Å². The van der Waals surface area contributed by atoms with Crippen LogP contribution in [-0.4, -0.2) is 54.7 Å². The fourth-order valence-electron chi connectivity index (χ4n) is 2.78. The number of rotatable bonds is 9. The van der Waals surface area contributed by atoms with Crippen LogP contribution in [0.15, 0.2) is 30.3 Å². The molecule has 178 valence electrons. The van der Waals surface area contributed by atoms with E-state index in [0.29, 0.717) is 0 Å². The molecule has 0 aromatic heterocycles. The molecule has 3 atom stereocenters. The Labute approximate surface area is 189 Å². The number of hydrogen-bond acceptors (Lipinski definition) is 6. The van der Waals surface area contributed by atoms with Gasteiger partial charge in [-0.2, -0.15) is 0 Å². The highest BCUT2D eigenvalue weighted by Crippen LogP contribution is 2.09. The average molecular weight is 450 g/mol. The van der Waals surface area contributed by atoms with E-state index in [4.69, 9.17) is 9.47 Å². The lowest BCUT2D eigenvalue weighted by atomic mass is 10.0. The van der Waals surface area contributed by atoms with Gasteiger partial charge in [-0.25, -0.2) is 9.59 Å². The fourth-order valence-corrected chi connectivity index (χ4v) is 2.78. The van der Waals surface area contributed by atoms with Crippen LogP contribution >= 0.6 is 0 Å². The minimum atomic E-state index is -0.973. The van der Waals surface area contributed by atoms with E-state index in [0.717, 1.165) is 5.56 Å². The van der Waals surface area contributed by atoms with Crippen molar-refractivity contribution in [3.05, 3.63) is 35.9 Å². The molecule has 0 saturated heterocycles. The largest absolute Gasteiger partial charge is 0.467 e. The van der Waals surface area contributed by atoms with Crippen molar-refractivity contribution in [2.75, 3.05) is 7.11 Å². The maximum absolute atomic E-state index is 13.0. The quantitative estimate of drug-likeness (QED) is 0.495. The summed E-state index contributed by atoms with van der Waals surface area (Å²) in [5.74, 6) is -1.88. The van der Waals surface area contributed by atoms with E-state index >= 15 is 0 Å². The van der Waals surface area contributed by atoms with Crippen LogP contribution in [0.3, 0.4) is 0 Å². The molecular formula is C23H35N3O6.